The van der Waals surface area contributed by atoms with Crippen LogP contribution < -0.4 is 9.03 Å². The van der Waals surface area contributed by atoms with Crippen LogP contribution in [0.5, 0.6) is 0 Å². The maximum atomic E-state index is 12.7. The first-order valence-electron chi connectivity index (χ1n) is 9.09. The highest BCUT2D eigenvalue weighted by molar-refractivity contribution is 7.94. The van der Waals surface area contributed by atoms with Gasteiger partial charge < -0.3 is 4.90 Å². The Bertz CT molecular complexity index is 1130. The Kier molecular flexibility index (Phi) is 6.54. The molecule has 1 fully saturated rings. The summed E-state index contributed by atoms with van der Waals surface area (Å²) in [6, 6.07) is 12.1. The van der Waals surface area contributed by atoms with E-state index in [1.165, 1.54) is 24.3 Å². The van der Waals surface area contributed by atoms with Gasteiger partial charge in [-0.25, -0.2) is 25.9 Å². The molecule has 0 unspecified atom stereocenters. The van der Waals surface area contributed by atoms with Crippen LogP contribution >= 0.6 is 11.6 Å². The molecule has 8 nitrogen and oxygen atoms in total. The molecular formula is C19H22ClN3O5S2. The van der Waals surface area contributed by atoms with Gasteiger partial charge in [0.25, 0.3) is 0 Å². The zero-order chi connectivity index (χ0) is 22.1. The molecule has 1 aliphatic heterocycles. The second kappa shape index (κ2) is 8.64. The lowest BCUT2D eigenvalue weighted by atomic mass is 10.1. The molecule has 11 heteroatoms. The summed E-state index contributed by atoms with van der Waals surface area (Å²) < 4.78 is 52.8. The van der Waals surface area contributed by atoms with E-state index in [0.29, 0.717) is 5.02 Å². The van der Waals surface area contributed by atoms with Gasteiger partial charge in [0.1, 0.15) is 0 Å². The lowest BCUT2D eigenvalue weighted by molar-refractivity contribution is -0.116. The number of hydrogen-bond donors (Lipinski definition) is 1. The fourth-order valence-corrected chi connectivity index (χ4v) is 5.81. The van der Waals surface area contributed by atoms with Crippen molar-refractivity contribution >= 4 is 43.2 Å². The van der Waals surface area contributed by atoms with Gasteiger partial charge in [-0.2, -0.15) is 0 Å². The van der Waals surface area contributed by atoms with E-state index in [1.54, 1.807) is 12.1 Å². The maximum Gasteiger partial charge on any atom is 0.242 e. The Balaban J connectivity index is 1.76. The van der Waals surface area contributed by atoms with E-state index in [4.69, 9.17) is 11.6 Å². The van der Waals surface area contributed by atoms with Crippen molar-refractivity contribution in [3.8, 4) is 0 Å². The van der Waals surface area contributed by atoms with E-state index < -0.39 is 26.0 Å². The molecule has 1 atom stereocenters. The quantitative estimate of drug-likeness (QED) is 0.662. The Morgan fingerprint density at radius 2 is 1.70 bits per heavy atom. The Morgan fingerprint density at radius 3 is 2.20 bits per heavy atom. The molecular weight excluding hydrogens is 450 g/mol. The van der Waals surface area contributed by atoms with Crippen molar-refractivity contribution < 1.29 is 21.6 Å². The van der Waals surface area contributed by atoms with Gasteiger partial charge in [-0.1, -0.05) is 23.7 Å². The number of hydrogen-bond acceptors (Lipinski definition) is 6. The van der Waals surface area contributed by atoms with Crippen molar-refractivity contribution in [2.24, 2.45) is 0 Å². The summed E-state index contributed by atoms with van der Waals surface area (Å²) >= 11 is 5.92. The highest BCUT2D eigenvalue weighted by Gasteiger charge is 2.36. The number of rotatable bonds is 7. The molecule has 1 aliphatic rings. The highest BCUT2D eigenvalue weighted by Crippen LogP contribution is 2.26. The van der Waals surface area contributed by atoms with E-state index in [2.05, 4.69) is 4.72 Å². The number of likely N-dealkylation sites (N-methyl/N-ethyl adjacent to an activating group) is 1. The lowest BCUT2D eigenvalue weighted by Crippen LogP contribution is -2.34. The minimum absolute atomic E-state index is 0.0242. The monoisotopic (exact) mass is 471 g/mol. The molecule has 162 valence electrons. The first kappa shape index (κ1) is 22.7. The van der Waals surface area contributed by atoms with Crippen LogP contribution in [0.1, 0.15) is 18.0 Å². The van der Waals surface area contributed by atoms with Crippen LogP contribution in [0.15, 0.2) is 53.4 Å². The average Bonchev–Trinajstić information content (AvgIpc) is 2.95. The standard InChI is InChI=1S/C19H22ClN3O5S2/c1-22(2)18(14-3-5-15(20)6-4-14)13-21-30(27,28)17-9-7-16(8-10-17)23-19(24)11-12-29(23,25)26/h3-10,18,21H,11-13H2,1-2H3/t18-/m1/s1. The van der Waals surface area contributed by atoms with Crippen molar-refractivity contribution in [1.29, 1.82) is 0 Å². The first-order valence-corrected chi connectivity index (χ1v) is 12.6. The van der Waals surface area contributed by atoms with Gasteiger partial charge in [-0.3, -0.25) is 4.79 Å². The molecule has 1 saturated heterocycles. The second-order valence-corrected chi connectivity index (χ2v) is 11.2. The second-order valence-electron chi connectivity index (χ2n) is 7.10. The minimum Gasteiger partial charge on any atom is -0.301 e. The van der Waals surface area contributed by atoms with E-state index >= 15 is 0 Å². The largest absolute Gasteiger partial charge is 0.301 e. The van der Waals surface area contributed by atoms with Crippen molar-refractivity contribution in [3.63, 3.8) is 0 Å². The van der Waals surface area contributed by atoms with Crippen molar-refractivity contribution in [2.45, 2.75) is 17.4 Å². The Morgan fingerprint density at radius 1 is 1.10 bits per heavy atom. The number of carbonyl (C=O) groups is 1. The fraction of sp³-hybridized carbons (Fsp3) is 0.316. The molecule has 0 saturated carbocycles. The zero-order valence-electron chi connectivity index (χ0n) is 16.4. The van der Waals surface area contributed by atoms with Gasteiger partial charge in [0.2, 0.25) is 26.0 Å². The third-order valence-corrected chi connectivity index (χ3v) is 8.19. The lowest BCUT2D eigenvalue weighted by Gasteiger charge is -2.25. The number of nitrogens with one attached hydrogen (secondary N) is 1. The van der Waals surface area contributed by atoms with Gasteiger partial charge in [0, 0.05) is 24.0 Å². The molecule has 30 heavy (non-hydrogen) atoms. The molecule has 1 heterocycles. The number of benzene rings is 2. The smallest absolute Gasteiger partial charge is 0.242 e. The van der Waals surface area contributed by atoms with Gasteiger partial charge in [0.15, 0.2) is 0 Å². The number of amides is 1. The number of halogens is 1. The van der Waals surface area contributed by atoms with Gasteiger partial charge >= 0.3 is 0 Å². The molecule has 1 amide bonds. The van der Waals surface area contributed by atoms with Crippen LogP contribution in [0, 0.1) is 0 Å². The topological polar surface area (TPSA) is 104 Å². The molecule has 1 N–H and O–H groups in total. The minimum atomic E-state index is -3.84. The van der Waals surface area contributed by atoms with Crippen molar-refractivity contribution in [3.05, 3.63) is 59.1 Å². The molecule has 2 aromatic rings. The normalized spacial score (nSPS) is 17.5. The van der Waals surface area contributed by atoms with Crippen LogP contribution in [0.25, 0.3) is 0 Å². The van der Waals surface area contributed by atoms with E-state index in [0.717, 1.165) is 9.87 Å². The summed E-state index contributed by atoms with van der Waals surface area (Å²) in [5.74, 6) is -0.773. The summed E-state index contributed by atoms with van der Waals surface area (Å²) in [7, 11) is -3.86. The number of sulfonamides is 2. The SMILES string of the molecule is CN(C)[C@H](CNS(=O)(=O)c1ccc(N2C(=O)CCS2(=O)=O)cc1)c1ccc(Cl)cc1. The zero-order valence-corrected chi connectivity index (χ0v) is 18.8. The van der Waals surface area contributed by atoms with Crippen LogP contribution in [-0.4, -0.2) is 54.0 Å². The summed E-state index contributed by atoms with van der Waals surface area (Å²) in [4.78, 5) is 13.7. The molecule has 0 bridgehead atoms. The summed E-state index contributed by atoms with van der Waals surface area (Å²) in [5.41, 5.74) is 1.03. The highest BCUT2D eigenvalue weighted by atomic mass is 35.5. The predicted molar refractivity (Wildman–Crippen MR) is 115 cm³/mol. The van der Waals surface area contributed by atoms with Crippen molar-refractivity contribution in [2.75, 3.05) is 30.7 Å². The van der Waals surface area contributed by atoms with Gasteiger partial charge in [0.05, 0.1) is 16.3 Å². The summed E-state index contributed by atoms with van der Waals surface area (Å²) in [6.45, 7) is 0.123. The Hall–Kier alpha value is -1.98. The van der Waals surface area contributed by atoms with Gasteiger partial charge in [-0.05, 0) is 56.1 Å². The number of nitrogens with zero attached hydrogens (tertiary/aromatic N) is 2. The van der Waals surface area contributed by atoms with Crippen LogP contribution in [-0.2, 0) is 24.8 Å². The van der Waals surface area contributed by atoms with Crippen LogP contribution in [0.3, 0.4) is 0 Å². The average molecular weight is 472 g/mol. The summed E-state index contributed by atoms with van der Waals surface area (Å²) in [5, 5.41) is 0.593. The van der Waals surface area contributed by atoms with Crippen LogP contribution in [0.4, 0.5) is 5.69 Å². The maximum absolute atomic E-state index is 12.7. The van der Waals surface area contributed by atoms with E-state index in [9.17, 15) is 21.6 Å². The molecule has 2 aromatic carbocycles. The van der Waals surface area contributed by atoms with E-state index in [-0.39, 0.29) is 35.3 Å². The fourth-order valence-electron chi connectivity index (χ4n) is 3.18. The predicted octanol–water partition coefficient (Wildman–Crippen LogP) is 1.99. The molecule has 0 radical (unpaired) electrons. The molecule has 0 aromatic heterocycles. The third kappa shape index (κ3) is 4.84. The molecule has 3 rings (SSSR count). The third-order valence-electron chi connectivity index (χ3n) is 4.80. The van der Waals surface area contributed by atoms with Crippen LogP contribution in [0.2, 0.25) is 5.02 Å². The molecule has 0 spiro atoms. The number of carbonyl (C=O) groups excluding carboxylic acids is 1. The van der Waals surface area contributed by atoms with Crippen molar-refractivity contribution in [1.82, 2.24) is 9.62 Å². The molecule has 0 aliphatic carbocycles. The van der Waals surface area contributed by atoms with E-state index in [1.807, 2.05) is 31.1 Å². The first-order chi connectivity index (χ1) is 14.0. The van der Waals surface area contributed by atoms with Gasteiger partial charge in [-0.15, -0.1) is 0 Å². The summed E-state index contributed by atoms with van der Waals surface area (Å²) in [6.07, 6.45) is -0.0828. The Labute approximate surface area is 181 Å². The number of anilines is 1.